The normalized spacial score (nSPS) is 12.6. The lowest BCUT2D eigenvalue weighted by Gasteiger charge is -2.01. The van der Waals surface area contributed by atoms with Gasteiger partial charge in [0.15, 0.2) is 0 Å². The number of carbonyl (C=O) groups is 1. The molecule has 0 spiro atoms. The minimum absolute atomic E-state index is 0.388. The second-order valence-electron chi connectivity index (χ2n) is 2.63. The lowest BCUT2D eigenvalue weighted by Crippen LogP contribution is -1.97. The number of nitrogens with zero attached hydrogens (tertiary/aromatic N) is 1. The highest BCUT2D eigenvalue weighted by Gasteiger charge is 2.00. The van der Waals surface area contributed by atoms with Crippen LogP contribution >= 0.6 is 11.8 Å². The Morgan fingerprint density at radius 3 is 2.50 bits per heavy atom. The molecule has 0 aliphatic heterocycles. The number of rotatable bonds is 3. The summed E-state index contributed by atoms with van der Waals surface area (Å²) in [5.74, 6) is -0.388. The predicted octanol–water partition coefficient (Wildman–Crippen LogP) is 2.40. The maximum absolute atomic E-state index is 10.9. The average molecular weight is 213 g/mol. The van der Waals surface area contributed by atoms with Crippen LogP contribution in [0.25, 0.3) is 0 Å². The van der Waals surface area contributed by atoms with Crippen LogP contribution < -0.4 is 0 Å². The molecule has 0 atom stereocenters. The lowest BCUT2D eigenvalue weighted by molar-refractivity contribution is -0.134. The molecule has 0 aromatic heterocycles. The highest BCUT2D eigenvalue weighted by atomic mass is 32.2. The third-order valence-electron chi connectivity index (χ3n) is 1.58. The number of aliphatic imine (C=N–C) groups is 1. The van der Waals surface area contributed by atoms with Crippen LogP contribution in [0, 0.1) is 0 Å². The molecule has 0 aromatic carbocycles. The van der Waals surface area contributed by atoms with E-state index in [1.54, 1.807) is 18.7 Å². The number of methoxy groups -OCH3 is 1. The fourth-order valence-electron chi connectivity index (χ4n) is 0.643. The molecule has 0 amide bonds. The van der Waals surface area contributed by atoms with Crippen LogP contribution in [0.5, 0.6) is 0 Å². The second kappa shape index (κ2) is 6.43. The van der Waals surface area contributed by atoms with Gasteiger partial charge in [-0.2, -0.15) is 0 Å². The van der Waals surface area contributed by atoms with Crippen molar-refractivity contribution in [1.29, 1.82) is 0 Å². The van der Waals surface area contributed by atoms with Crippen molar-refractivity contribution in [2.24, 2.45) is 4.99 Å². The van der Waals surface area contributed by atoms with Crippen LogP contribution in [0.3, 0.4) is 0 Å². The minimum Gasteiger partial charge on any atom is -0.466 e. The largest absolute Gasteiger partial charge is 0.466 e. The van der Waals surface area contributed by atoms with Gasteiger partial charge in [0, 0.05) is 6.08 Å². The van der Waals surface area contributed by atoms with E-state index in [1.165, 1.54) is 13.2 Å². The van der Waals surface area contributed by atoms with Gasteiger partial charge in [-0.15, -0.1) is 11.8 Å². The van der Waals surface area contributed by atoms with Gasteiger partial charge in [-0.1, -0.05) is 6.58 Å². The van der Waals surface area contributed by atoms with Crippen LogP contribution in [0.4, 0.5) is 0 Å². The maximum Gasteiger partial charge on any atom is 0.330 e. The molecule has 3 nitrogen and oxygen atoms in total. The van der Waals surface area contributed by atoms with E-state index < -0.39 is 0 Å². The summed E-state index contributed by atoms with van der Waals surface area (Å²) in [5.41, 5.74) is 1.30. The molecule has 0 aliphatic carbocycles. The monoisotopic (exact) mass is 213 g/mol. The summed E-state index contributed by atoms with van der Waals surface area (Å²) >= 11 is 1.54. The van der Waals surface area contributed by atoms with E-state index >= 15 is 0 Å². The summed E-state index contributed by atoms with van der Waals surface area (Å²) in [5, 5.41) is 0.910. The van der Waals surface area contributed by atoms with Crippen LogP contribution in [-0.2, 0) is 9.53 Å². The van der Waals surface area contributed by atoms with Gasteiger partial charge in [0.25, 0.3) is 0 Å². The zero-order valence-corrected chi connectivity index (χ0v) is 9.77. The summed E-state index contributed by atoms with van der Waals surface area (Å²) in [6, 6.07) is 0. The van der Waals surface area contributed by atoms with Crippen molar-refractivity contribution in [3.05, 3.63) is 23.9 Å². The van der Waals surface area contributed by atoms with Crippen molar-refractivity contribution in [3.63, 3.8) is 0 Å². The van der Waals surface area contributed by atoms with Crippen molar-refractivity contribution in [1.82, 2.24) is 0 Å². The summed E-state index contributed by atoms with van der Waals surface area (Å²) in [7, 11) is 1.34. The van der Waals surface area contributed by atoms with Crippen molar-refractivity contribution < 1.29 is 9.53 Å². The van der Waals surface area contributed by atoms with E-state index in [4.69, 9.17) is 0 Å². The van der Waals surface area contributed by atoms with Gasteiger partial charge >= 0.3 is 5.97 Å². The third-order valence-corrected chi connectivity index (χ3v) is 2.26. The first-order valence-corrected chi connectivity index (χ1v) is 5.28. The van der Waals surface area contributed by atoms with Crippen molar-refractivity contribution in [2.45, 2.75) is 13.8 Å². The molecule has 0 saturated heterocycles. The SMILES string of the molecule is C=C(N=C(C)SC)/C(C)=C/C(=O)OC. The molecule has 0 bridgehead atoms. The van der Waals surface area contributed by atoms with Gasteiger partial charge in [-0.25, -0.2) is 9.79 Å². The van der Waals surface area contributed by atoms with Gasteiger partial charge in [-0.3, -0.25) is 0 Å². The number of hydrogen-bond donors (Lipinski definition) is 0. The predicted molar refractivity (Wildman–Crippen MR) is 61.5 cm³/mol. The molecule has 14 heavy (non-hydrogen) atoms. The van der Waals surface area contributed by atoms with Crippen molar-refractivity contribution in [3.8, 4) is 0 Å². The summed E-state index contributed by atoms with van der Waals surface area (Å²) in [6.07, 6.45) is 3.31. The quantitative estimate of drug-likeness (QED) is 0.237. The topological polar surface area (TPSA) is 38.7 Å². The van der Waals surface area contributed by atoms with Crippen LogP contribution in [-0.4, -0.2) is 24.4 Å². The summed E-state index contributed by atoms with van der Waals surface area (Å²) in [6.45, 7) is 7.42. The maximum atomic E-state index is 10.9. The Morgan fingerprint density at radius 2 is 2.07 bits per heavy atom. The van der Waals surface area contributed by atoms with Crippen LogP contribution in [0.1, 0.15) is 13.8 Å². The highest BCUT2D eigenvalue weighted by Crippen LogP contribution is 2.11. The Bertz CT molecular complexity index is 292. The van der Waals surface area contributed by atoms with E-state index in [1.807, 2.05) is 13.2 Å². The molecule has 0 radical (unpaired) electrons. The molecule has 0 unspecified atom stereocenters. The first kappa shape index (κ1) is 13.0. The smallest absolute Gasteiger partial charge is 0.330 e. The fraction of sp³-hybridized carbons (Fsp3) is 0.400. The summed E-state index contributed by atoms with van der Waals surface area (Å²) < 4.78 is 4.49. The molecule has 0 N–H and O–H groups in total. The number of thioether (sulfide) groups is 1. The molecule has 0 saturated carbocycles. The fourth-order valence-corrected chi connectivity index (χ4v) is 0.844. The zero-order chi connectivity index (χ0) is 11.1. The average Bonchev–Trinajstić information content (AvgIpc) is 2.17. The zero-order valence-electron chi connectivity index (χ0n) is 8.96. The Morgan fingerprint density at radius 1 is 1.50 bits per heavy atom. The Hall–Kier alpha value is -1.03. The molecule has 0 rings (SSSR count). The van der Waals surface area contributed by atoms with Gasteiger partial charge in [0.2, 0.25) is 0 Å². The molecule has 0 aliphatic rings. The molecular weight excluding hydrogens is 198 g/mol. The van der Waals surface area contributed by atoms with Gasteiger partial charge in [-0.05, 0) is 25.7 Å². The Kier molecular flexibility index (Phi) is 5.95. The molecule has 0 heterocycles. The van der Waals surface area contributed by atoms with Gasteiger partial charge < -0.3 is 4.74 Å². The van der Waals surface area contributed by atoms with Crippen molar-refractivity contribution >= 4 is 22.8 Å². The number of hydrogen-bond acceptors (Lipinski definition) is 4. The third kappa shape index (κ3) is 4.87. The van der Waals surface area contributed by atoms with Gasteiger partial charge in [0.1, 0.15) is 0 Å². The standard InChI is InChI=1S/C10H15NO2S/c1-7(6-10(12)13-4)8(2)11-9(3)14-5/h6H,2H2,1,3-5H3/b7-6+,11-9?. The minimum atomic E-state index is -0.388. The van der Waals surface area contributed by atoms with E-state index in [0.717, 1.165) is 5.04 Å². The molecule has 0 fully saturated rings. The first-order chi connectivity index (χ1) is 6.51. The van der Waals surface area contributed by atoms with E-state index in [-0.39, 0.29) is 5.97 Å². The van der Waals surface area contributed by atoms with Gasteiger partial charge in [0.05, 0.1) is 17.9 Å². The number of carbonyl (C=O) groups excluding carboxylic acids is 1. The number of allylic oxidation sites excluding steroid dienone is 1. The number of esters is 1. The molecular formula is C10H15NO2S. The van der Waals surface area contributed by atoms with E-state index in [0.29, 0.717) is 11.3 Å². The molecule has 0 aromatic rings. The van der Waals surface area contributed by atoms with Crippen LogP contribution in [0.2, 0.25) is 0 Å². The number of ether oxygens (including phenoxy) is 1. The lowest BCUT2D eigenvalue weighted by atomic mass is 10.2. The first-order valence-electron chi connectivity index (χ1n) is 4.06. The van der Waals surface area contributed by atoms with E-state index in [9.17, 15) is 4.79 Å². The molecule has 4 heteroatoms. The second-order valence-corrected chi connectivity index (χ2v) is 3.63. The van der Waals surface area contributed by atoms with Crippen LogP contribution in [0.15, 0.2) is 28.9 Å². The highest BCUT2D eigenvalue weighted by molar-refractivity contribution is 8.13. The van der Waals surface area contributed by atoms with E-state index in [2.05, 4.69) is 16.3 Å². The van der Waals surface area contributed by atoms with Crippen molar-refractivity contribution in [2.75, 3.05) is 13.4 Å². The Labute approximate surface area is 88.9 Å². The molecule has 78 valence electrons. The Balaban J connectivity index is 4.55. The summed E-state index contributed by atoms with van der Waals surface area (Å²) in [4.78, 5) is 15.1.